The lowest BCUT2D eigenvalue weighted by atomic mass is 10.1. The van der Waals surface area contributed by atoms with E-state index in [0.717, 1.165) is 5.56 Å². The monoisotopic (exact) mass is 280 g/mol. The van der Waals surface area contributed by atoms with Gasteiger partial charge in [-0.15, -0.1) is 0 Å². The van der Waals surface area contributed by atoms with Crippen molar-refractivity contribution in [3.05, 3.63) is 57.7 Å². The van der Waals surface area contributed by atoms with Crippen molar-refractivity contribution in [2.24, 2.45) is 0 Å². The van der Waals surface area contributed by atoms with Gasteiger partial charge in [0.2, 0.25) is 0 Å². The molecule has 0 saturated carbocycles. The van der Waals surface area contributed by atoms with Gasteiger partial charge in [0.15, 0.2) is 0 Å². The molecule has 1 N–H and O–H groups in total. The Morgan fingerprint density at radius 1 is 1.17 bits per heavy atom. The van der Waals surface area contributed by atoms with Crippen LogP contribution >= 0.6 is 23.2 Å². The number of amides is 1. The van der Waals surface area contributed by atoms with Crippen LogP contribution in [0.3, 0.4) is 0 Å². The van der Waals surface area contributed by atoms with Gasteiger partial charge in [-0.2, -0.15) is 0 Å². The van der Waals surface area contributed by atoms with Crippen molar-refractivity contribution in [3.8, 4) is 0 Å². The smallest absolute Gasteiger partial charge is 0.257 e. The molecule has 0 radical (unpaired) electrons. The Kier molecular flexibility index (Phi) is 3.84. The highest BCUT2D eigenvalue weighted by atomic mass is 35.5. The lowest BCUT2D eigenvalue weighted by Gasteiger charge is -2.08. The van der Waals surface area contributed by atoms with Crippen molar-refractivity contribution in [1.82, 2.24) is 4.98 Å². The predicted octanol–water partition coefficient (Wildman–Crippen LogP) is 3.95. The molecule has 0 spiro atoms. The number of carbonyl (C=O) groups excluding carboxylic acids is 1. The summed E-state index contributed by atoms with van der Waals surface area (Å²) < 4.78 is 0. The molecule has 1 amide bonds. The van der Waals surface area contributed by atoms with Crippen molar-refractivity contribution < 1.29 is 4.79 Å². The second-order valence-electron chi connectivity index (χ2n) is 3.71. The molecule has 3 nitrogen and oxygen atoms in total. The van der Waals surface area contributed by atoms with Crippen LogP contribution in [0.5, 0.6) is 0 Å². The van der Waals surface area contributed by atoms with E-state index in [4.69, 9.17) is 23.2 Å². The van der Waals surface area contributed by atoms with Gasteiger partial charge in [0.25, 0.3) is 5.91 Å². The summed E-state index contributed by atoms with van der Waals surface area (Å²) in [6, 6.07) is 10.2. The zero-order valence-corrected chi connectivity index (χ0v) is 11.1. The van der Waals surface area contributed by atoms with Crippen LogP contribution in [0.1, 0.15) is 15.9 Å². The molecule has 1 aromatic heterocycles. The van der Waals surface area contributed by atoms with E-state index < -0.39 is 0 Å². The van der Waals surface area contributed by atoms with Crippen molar-refractivity contribution in [1.29, 1.82) is 0 Å². The molecular weight excluding hydrogens is 271 g/mol. The summed E-state index contributed by atoms with van der Waals surface area (Å²) in [5.74, 6) is 0.150. The molecule has 0 atom stereocenters. The molecule has 0 saturated heterocycles. The summed E-state index contributed by atoms with van der Waals surface area (Å²) in [6.45, 7) is 1.79. The number of carbonyl (C=O) groups is 1. The number of hydrogen-bond donors (Lipinski definition) is 1. The minimum Gasteiger partial charge on any atom is -0.307 e. The Hall–Kier alpha value is -1.58. The van der Waals surface area contributed by atoms with Gasteiger partial charge in [0.1, 0.15) is 11.0 Å². The summed E-state index contributed by atoms with van der Waals surface area (Å²) in [7, 11) is 0. The molecule has 2 rings (SSSR count). The molecule has 0 bridgehead atoms. The third-order valence-corrected chi connectivity index (χ3v) is 3.09. The summed E-state index contributed by atoms with van der Waals surface area (Å²) in [4.78, 5) is 16.0. The number of halogens is 2. The van der Waals surface area contributed by atoms with Gasteiger partial charge >= 0.3 is 0 Å². The molecule has 0 unspecified atom stereocenters. The molecule has 1 heterocycles. The molecule has 0 aliphatic rings. The maximum atomic E-state index is 12.0. The molecule has 92 valence electrons. The van der Waals surface area contributed by atoms with Crippen molar-refractivity contribution >= 4 is 34.9 Å². The first kappa shape index (κ1) is 12.9. The normalized spacial score (nSPS) is 10.2. The van der Waals surface area contributed by atoms with E-state index in [-0.39, 0.29) is 5.91 Å². The number of pyridine rings is 1. The van der Waals surface area contributed by atoms with Crippen LogP contribution in [0, 0.1) is 6.92 Å². The SMILES string of the molecule is Cc1c(Cl)cccc1C(=O)Nc1cccc(Cl)n1. The highest BCUT2D eigenvalue weighted by Crippen LogP contribution is 2.19. The Bertz CT molecular complexity index is 599. The van der Waals surface area contributed by atoms with Gasteiger partial charge in [0, 0.05) is 10.6 Å². The number of benzene rings is 1. The molecule has 0 fully saturated rings. The standard InChI is InChI=1S/C13H10Cl2N2O/c1-8-9(4-2-5-10(8)14)13(18)17-12-7-3-6-11(15)16-12/h2-7H,1H3,(H,16,17,18). The van der Waals surface area contributed by atoms with E-state index >= 15 is 0 Å². The summed E-state index contributed by atoms with van der Waals surface area (Å²) in [5.41, 5.74) is 1.25. The van der Waals surface area contributed by atoms with Gasteiger partial charge in [-0.05, 0) is 36.8 Å². The second kappa shape index (κ2) is 5.38. The lowest BCUT2D eigenvalue weighted by molar-refractivity contribution is 0.102. The number of hydrogen-bond acceptors (Lipinski definition) is 2. The van der Waals surface area contributed by atoms with Crippen molar-refractivity contribution in [2.75, 3.05) is 5.32 Å². The maximum absolute atomic E-state index is 12.0. The summed E-state index contributed by atoms with van der Waals surface area (Å²) in [5, 5.41) is 3.56. The van der Waals surface area contributed by atoms with Crippen LogP contribution in [-0.2, 0) is 0 Å². The Balaban J connectivity index is 2.25. The fraction of sp³-hybridized carbons (Fsp3) is 0.0769. The van der Waals surface area contributed by atoms with Gasteiger partial charge in [-0.3, -0.25) is 4.79 Å². The minimum atomic E-state index is -0.259. The molecule has 0 aliphatic heterocycles. The average molecular weight is 281 g/mol. The zero-order valence-electron chi connectivity index (χ0n) is 9.58. The Morgan fingerprint density at radius 3 is 2.61 bits per heavy atom. The van der Waals surface area contributed by atoms with E-state index in [1.54, 1.807) is 43.3 Å². The largest absolute Gasteiger partial charge is 0.307 e. The number of anilines is 1. The highest BCUT2D eigenvalue weighted by Gasteiger charge is 2.11. The van der Waals surface area contributed by atoms with Gasteiger partial charge < -0.3 is 5.32 Å². The van der Waals surface area contributed by atoms with Crippen LogP contribution in [0.25, 0.3) is 0 Å². The third kappa shape index (κ3) is 2.81. The number of nitrogens with zero attached hydrogens (tertiary/aromatic N) is 1. The van der Waals surface area contributed by atoms with E-state index in [1.165, 1.54) is 0 Å². The lowest BCUT2D eigenvalue weighted by Crippen LogP contribution is -2.14. The predicted molar refractivity (Wildman–Crippen MR) is 73.4 cm³/mol. The zero-order chi connectivity index (χ0) is 13.1. The first-order valence-electron chi connectivity index (χ1n) is 5.27. The molecule has 5 heteroatoms. The van der Waals surface area contributed by atoms with E-state index in [1.807, 2.05) is 0 Å². The van der Waals surface area contributed by atoms with Crippen LogP contribution in [0.2, 0.25) is 10.2 Å². The van der Waals surface area contributed by atoms with Crippen LogP contribution in [-0.4, -0.2) is 10.9 Å². The first-order chi connectivity index (χ1) is 8.58. The Morgan fingerprint density at radius 2 is 1.89 bits per heavy atom. The van der Waals surface area contributed by atoms with E-state index in [2.05, 4.69) is 10.3 Å². The van der Waals surface area contributed by atoms with Crippen molar-refractivity contribution in [3.63, 3.8) is 0 Å². The van der Waals surface area contributed by atoms with Gasteiger partial charge in [-0.25, -0.2) is 4.98 Å². The highest BCUT2D eigenvalue weighted by molar-refractivity contribution is 6.32. The van der Waals surface area contributed by atoms with Gasteiger partial charge in [-0.1, -0.05) is 35.3 Å². The first-order valence-corrected chi connectivity index (χ1v) is 6.02. The fourth-order valence-corrected chi connectivity index (χ4v) is 1.85. The number of rotatable bonds is 2. The molecule has 0 aliphatic carbocycles. The minimum absolute atomic E-state index is 0.259. The van der Waals surface area contributed by atoms with Crippen LogP contribution in [0.4, 0.5) is 5.82 Å². The van der Waals surface area contributed by atoms with E-state index in [9.17, 15) is 4.79 Å². The van der Waals surface area contributed by atoms with Crippen LogP contribution < -0.4 is 5.32 Å². The number of nitrogens with one attached hydrogen (secondary N) is 1. The quantitative estimate of drug-likeness (QED) is 0.847. The average Bonchev–Trinajstić information content (AvgIpc) is 2.32. The molecule has 2 aromatic rings. The molecule has 18 heavy (non-hydrogen) atoms. The summed E-state index contributed by atoms with van der Waals surface area (Å²) in [6.07, 6.45) is 0. The van der Waals surface area contributed by atoms with E-state index in [0.29, 0.717) is 21.6 Å². The molecular formula is C13H10Cl2N2O. The Labute approximate surface area is 115 Å². The fourth-order valence-electron chi connectivity index (χ4n) is 1.51. The number of aromatic nitrogens is 1. The second-order valence-corrected chi connectivity index (χ2v) is 4.51. The summed E-state index contributed by atoms with van der Waals surface area (Å²) >= 11 is 11.7. The topological polar surface area (TPSA) is 42.0 Å². The van der Waals surface area contributed by atoms with Crippen LogP contribution in [0.15, 0.2) is 36.4 Å². The maximum Gasteiger partial charge on any atom is 0.257 e. The molecule has 1 aromatic carbocycles. The van der Waals surface area contributed by atoms with Gasteiger partial charge in [0.05, 0.1) is 0 Å². The third-order valence-electron chi connectivity index (χ3n) is 2.47. The van der Waals surface area contributed by atoms with Crippen molar-refractivity contribution in [2.45, 2.75) is 6.92 Å².